The molecule has 168 valence electrons. The zero-order chi connectivity index (χ0) is 21.8. The predicted molar refractivity (Wildman–Crippen MR) is 124 cm³/mol. The van der Waals surface area contributed by atoms with Crippen molar-refractivity contribution >= 4 is 17.7 Å². The van der Waals surface area contributed by atoms with Crippen LogP contribution in [0.4, 0.5) is 0 Å². The lowest BCUT2D eigenvalue weighted by molar-refractivity contribution is -0.134. The third-order valence-electron chi connectivity index (χ3n) is 6.76. The molecule has 1 saturated carbocycles. The van der Waals surface area contributed by atoms with Gasteiger partial charge in [0, 0.05) is 23.7 Å². The summed E-state index contributed by atoms with van der Waals surface area (Å²) in [6, 6.07) is 9.05. The molecule has 0 bridgehead atoms. The van der Waals surface area contributed by atoms with Gasteiger partial charge in [0.15, 0.2) is 11.0 Å². The van der Waals surface area contributed by atoms with Gasteiger partial charge in [-0.2, -0.15) is 0 Å². The van der Waals surface area contributed by atoms with Crippen molar-refractivity contribution in [2.45, 2.75) is 88.5 Å². The average Bonchev–Trinajstić information content (AvgIpc) is 3.22. The Hall–Kier alpha value is -2.02. The highest BCUT2D eigenvalue weighted by molar-refractivity contribution is 7.99. The Morgan fingerprint density at radius 2 is 1.68 bits per heavy atom. The number of aromatic nitrogens is 3. The van der Waals surface area contributed by atoms with Gasteiger partial charge in [0.05, 0.1) is 12.9 Å². The van der Waals surface area contributed by atoms with Gasteiger partial charge < -0.3 is 9.64 Å². The smallest absolute Gasteiger partial charge is 0.233 e. The van der Waals surface area contributed by atoms with E-state index in [-0.39, 0.29) is 5.91 Å². The van der Waals surface area contributed by atoms with Gasteiger partial charge in [0.2, 0.25) is 5.91 Å². The lowest BCUT2D eigenvalue weighted by atomic mass is 9.95. The van der Waals surface area contributed by atoms with Crippen molar-refractivity contribution in [1.29, 1.82) is 0 Å². The van der Waals surface area contributed by atoms with Gasteiger partial charge in [-0.15, -0.1) is 10.2 Å². The largest absolute Gasteiger partial charge is 0.497 e. The third kappa shape index (κ3) is 4.92. The molecule has 0 N–H and O–H groups in total. The number of piperidine rings is 1. The van der Waals surface area contributed by atoms with E-state index in [2.05, 4.69) is 33.5 Å². The van der Waals surface area contributed by atoms with Crippen LogP contribution in [0.25, 0.3) is 11.4 Å². The van der Waals surface area contributed by atoms with E-state index in [0.717, 1.165) is 48.0 Å². The highest BCUT2D eigenvalue weighted by Gasteiger charge is 2.30. The molecule has 1 aromatic carbocycles. The van der Waals surface area contributed by atoms with Crippen molar-refractivity contribution in [3.63, 3.8) is 0 Å². The number of hydrogen-bond acceptors (Lipinski definition) is 5. The molecule has 0 spiro atoms. The number of carbonyl (C=O) groups excluding carboxylic acids is 1. The highest BCUT2D eigenvalue weighted by atomic mass is 32.2. The molecule has 2 aromatic rings. The van der Waals surface area contributed by atoms with Crippen LogP contribution in [0.5, 0.6) is 5.75 Å². The van der Waals surface area contributed by atoms with Crippen molar-refractivity contribution in [2.75, 3.05) is 12.9 Å². The zero-order valence-electron chi connectivity index (χ0n) is 18.9. The summed E-state index contributed by atoms with van der Waals surface area (Å²) in [5.74, 6) is 2.36. The molecule has 1 saturated heterocycles. The summed E-state index contributed by atoms with van der Waals surface area (Å²) in [6.45, 7) is 4.34. The number of hydrogen-bond donors (Lipinski definition) is 0. The third-order valence-corrected chi connectivity index (χ3v) is 7.69. The van der Waals surface area contributed by atoms with E-state index in [1.165, 1.54) is 25.7 Å². The summed E-state index contributed by atoms with van der Waals surface area (Å²) in [6.07, 6.45) is 9.45. The SMILES string of the molecule is COc1ccc(-c2nnc(SCC(=O)N3[C@@H](C)CCC[C@@H]3C)n2C2CCCCC2)cc1. The highest BCUT2D eigenvalue weighted by Crippen LogP contribution is 2.36. The number of benzene rings is 1. The Labute approximate surface area is 189 Å². The topological polar surface area (TPSA) is 60.3 Å². The second kappa shape index (κ2) is 10.1. The van der Waals surface area contributed by atoms with Crippen molar-refractivity contribution in [2.24, 2.45) is 0 Å². The summed E-state index contributed by atoms with van der Waals surface area (Å²) in [5.41, 5.74) is 1.04. The molecule has 2 fully saturated rings. The first-order valence-corrected chi connectivity index (χ1v) is 12.6. The fourth-order valence-electron chi connectivity index (χ4n) is 5.09. The molecule has 0 radical (unpaired) electrons. The van der Waals surface area contributed by atoms with Crippen LogP contribution in [0.15, 0.2) is 29.4 Å². The molecule has 0 unspecified atom stereocenters. The van der Waals surface area contributed by atoms with Gasteiger partial charge in [-0.3, -0.25) is 9.36 Å². The van der Waals surface area contributed by atoms with E-state index in [1.54, 1.807) is 18.9 Å². The van der Waals surface area contributed by atoms with Crippen LogP contribution in [-0.4, -0.2) is 50.5 Å². The molecule has 2 aliphatic rings. The minimum Gasteiger partial charge on any atom is -0.497 e. The van der Waals surface area contributed by atoms with Gasteiger partial charge in [-0.05, 0) is 70.2 Å². The quantitative estimate of drug-likeness (QED) is 0.565. The fourth-order valence-corrected chi connectivity index (χ4v) is 5.97. The number of likely N-dealkylation sites (tertiary alicyclic amines) is 1. The number of amides is 1. The fraction of sp³-hybridized carbons (Fsp3) is 0.625. The second-order valence-electron chi connectivity index (χ2n) is 8.92. The molecular formula is C24H34N4O2S. The summed E-state index contributed by atoms with van der Waals surface area (Å²) in [5, 5.41) is 9.97. The Morgan fingerprint density at radius 1 is 1.00 bits per heavy atom. The maximum atomic E-state index is 13.1. The van der Waals surface area contributed by atoms with Crippen LogP contribution in [0, 0.1) is 0 Å². The first-order chi connectivity index (χ1) is 15.1. The molecule has 1 amide bonds. The molecule has 1 aliphatic carbocycles. The van der Waals surface area contributed by atoms with Crippen LogP contribution in [0.1, 0.15) is 71.3 Å². The summed E-state index contributed by atoms with van der Waals surface area (Å²) >= 11 is 1.54. The second-order valence-corrected chi connectivity index (χ2v) is 9.86. The molecule has 7 heteroatoms. The Morgan fingerprint density at radius 3 is 2.32 bits per heavy atom. The van der Waals surface area contributed by atoms with E-state index in [4.69, 9.17) is 4.74 Å². The van der Waals surface area contributed by atoms with Gasteiger partial charge >= 0.3 is 0 Å². The van der Waals surface area contributed by atoms with E-state index >= 15 is 0 Å². The van der Waals surface area contributed by atoms with Crippen LogP contribution in [0.2, 0.25) is 0 Å². The maximum absolute atomic E-state index is 13.1. The Kier molecular flexibility index (Phi) is 7.20. The van der Waals surface area contributed by atoms with Gasteiger partial charge in [0.25, 0.3) is 0 Å². The molecule has 1 aromatic heterocycles. The first-order valence-electron chi connectivity index (χ1n) is 11.6. The molecule has 1 aliphatic heterocycles. The first kappa shape index (κ1) is 22.2. The van der Waals surface area contributed by atoms with Crippen LogP contribution >= 0.6 is 11.8 Å². The molecule has 6 nitrogen and oxygen atoms in total. The number of rotatable bonds is 6. The van der Waals surface area contributed by atoms with E-state index in [9.17, 15) is 4.79 Å². The van der Waals surface area contributed by atoms with Gasteiger partial charge in [-0.25, -0.2) is 0 Å². The number of carbonyl (C=O) groups is 1. The summed E-state index contributed by atoms with van der Waals surface area (Å²) in [7, 11) is 1.68. The monoisotopic (exact) mass is 442 g/mol. The van der Waals surface area contributed by atoms with Gasteiger partial charge in [0.1, 0.15) is 5.75 Å². The Balaban J connectivity index is 1.56. The van der Waals surface area contributed by atoms with E-state index in [1.807, 2.05) is 24.3 Å². The summed E-state index contributed by atoms with van der Waals surface area (Å²) < 4.78 is 7.60. The lowest BCUT2D eigenvalue weighted by Gasteiger charge is -2.39. The number of nitrogens with zero attached hydrogens (tertiary/aromatic N) is 4. The van der Waals surface area contributed by atoms with Crippen molar-refractivity contribution in [3.05, 3.63) is 24.3 Å². The van der Waals surface area contributed by atoms with E-state index < -0.39 is 0 Å². The standard InChI is InChI=1S/C24H34N4O2S/c1-17-8-7-9-18(2)27(17)22(29)16-31-24-26-25-23(19-12-14-21(30-3)15-13-19)28(24)20-10-5-4-6-11-20/h12-15,17-18,20H,4-11,16H2,1-3H3/t17-,18-/m0/s1. The van der Waals surface area contributed by atoms with Crippen molar-refractivity contribution < 1.29 is 9.53 Å². The molecule has 4 rings (SSSR count). The van der Waals surface area contributed by atoms with Crippen LogP contribution in [-0.2, 0) is 4.79 Å². The van der Waals surface area contributed by atoms with Crippen molar-refractivity contribution in [3.8, 4) is 17.1 Å². The molecule has 31 heavy (non-hydrogen) atoms. The van der Waals surface area contributed by atoms with Crippen molar-refractivity contribution in [1.82, 2.24) is 19.7 Å². The maximum Gasteiger partial charge on any atom is 0.233 e. The Bertz CT molecular complexity index is 866. The molecule has 2 heterocycles. The normalized spacial score (nSPS) is 22.5. The molecular weight excluding hydrogens is 408 g/mol. The van der Waals surface area contributed by atoms with E-state index in [0.29, 0.717) is 23.9 Å². The lowest BCUT2D eigenvalue weighted by Crippen LogP contribution is -2.48. The number of thioether (sulfide) groups is 1. The number of ether oxygens (including phenoxy) is 1. The van der Waals surface area contributed by atoms with Crippen LogP contribution in [0.3, 0.4) is 0 Å². The molecule has 2 atom stereocenters. The average molecular weight is 443 g/mol. The minimum atomic E-state index is 0.217. The summed E-state index contributed by atoms with van der Waals surface area (Å²) in [4.78, 5) is 15.1. The minimum absolute atomic E-state index is 0.217. The zero-order valence-corrected chi connectivity index (χ0v) is 19.7. The van der Waals surface area contributed by atoms with Gasteiger partial charge in [-0.1, -0.05) is 31.0 Å². The predicted octanol–water partition coefficient (Wildman–Crippen LogP) is 5.34. The van der Waals surface area contributed by atoms with Crippen LogP contribution < -0.4 is 4.74 Å². The number of methoxy groups -OCH3 is 1.